The van der Waals surface area contributed by atoms with Gasteiger partial charge in [-0.25, -0.2) is 4.79 Å². The van der Waals surface area contributed by atoms with E-state index in [2.05, 4.69) is 19.6 Å². The molecule has 0 atom stereocenters. The van der Waals surface area contributed by atoms with Crippen molar-refractivity contribution >= 4 is 5.97 Å². The van der Waals surface area contributed by atoms with Crippen molar-refractivity contribution in [1.82, 2.24) is 0 Å². The molecule has 0 fully saturated rings. The van der Waals surface area contributed by atoms with Crippen LogP contribution in [-0.4, -0.2) is 12.6 Å². The predicted octanol–water partition coefficient (Wildman–Crippen LogP) is 4.33. The van der Waals surface area contributed by atoms with E-state index in [0.29, 0.717) is 6.61 Å². The molecule has 0 aromatic carbocycles. The van der Waals surface area contributed by atoms with Crippen molar-refractivity contribution in [1.29, 1.82) is 0 Å². The third kappa shape index (κ3) is 4.17. The maximum absolute atomic E-state index is 12.0. The molecule has 0 saturated carbocycles. The van der Waals surface area contributed by atoms with Gasteiger partial charge in [0.2, 0.25) is 0 Å². The number of rotatable bonds is 7. The molecule has 18 heavy (non-hydrogen) atoms. The maximum Gasteiger partial charge on any atom is 0.338 e. The fourth-order valence-corrected chi connectivity index (χ4v) is 2.00. The molecule has 0 spiro atoms. The summed E-state index contributed by atoms with van der Waals surface area (Å²) in [4.78, 5) is 12.0. The lowest BCUT2D eigenvalue weighted by Gasteiger charge is -2.17. The van der Waals surface area contributed by atoms with E-state index in [1.54, 1.807) is 0 Å². The minimum Gasteiger partial charge on any atom is -0.462 e. The highest BCUT2D eigenvalue weighted by Crippen LogP contribution is 2.28. The Balaban J connectivity index is 2.70. The Hall–Kier alpha value is -1.31. The van der Waals surface area contributed by atoms with Gasteiger partial charge in [0.05, 0.1) is 12.2 Å². The summed E-state index contributed by atoms with van der Waals surface area (Å²) in [5.74, 6) is -0.194. The largest absolute Gasteiger partial charge is 0.462 e. The normalized spacial score (nSPS) is 14.8. The zero-order valence-corrected chi connectivity index (χ0v) is 11.6. The number of ether oxygens (including phenoxy) is 1. The van der Waals surface area contributed by atoms with Crippen LogP contribution in [-0.2, 0) is 9.53 Å². The Kier molecular flexibility index (Phi) is 6.48. The third-order valence-electron chi connectivity index (χ3n) is 3.02. The van der Waals surface area contributed by atoms with Crippen LogP contribution in [0.3, 0.4) is 0 Å². The van der Waals surface area contributed by atoms with Crippen LogP contribution in [0.1, 0.15) is 52.4 Å². The van der Waals surface area contributed by atoms with Crippen LogP contribution in [0.4, 0.5) is 0 Å². The van der Waals surface area contributed by atoms with Crippen molar-refractivity contribution in [3.05, 3.63) is 35.5 Å². The molecule has 0 heterocycles. The Morgan fingerprint density at radius 2 is 1.89 bits per heavy atom. The molecule has 0 radical (unpaired) electrons. The number of unbranched alkanes of at least 4 members (excludes halogenated alkanes) is 1. The van der Waals surface area contributed by atoms with Gasteiger partial charge in [0.25, 0.3) is 0 Å². The van der Waals surface area contributed by atoms with E-state index in [-0.39, 0.29) is 5.97 Å². The van der Waals surface area contributed by atoms with Crippen molar-refractivity contribution in [2.75, 3.05) is 6.61 Å². The van der Waals surface area contributed by atoms with E-state index in [1.807, 2.05) is 13.0 Å². The highest BCUT2D eigenvalue weighted by Gasteiger charge is 2.19. The number of allylic oxidation sites excluding steroid dienone is 3. The number of carbonyl (C=O) groups is 1. The summed E-state index contributed by atoms with van der Waals surface area (Å²) in [6.45, 7) is 8.76. The van der Waals surface area contributed by atoms with Crippen molar-refractivity contribution in [2.24, 2.45) is 0 Å². The number of hydrogen-bond acceptors (Lipinski definition) is 2. The quantitative estimate of drug-likeness (QED) is 0.627. The van der Waals surface area contributed by atoms with Gasteiger partial charge in [-0.1, -0.05) is 39.0 Å². The SMILES string of the molecule is C=C(CCCC)C1=CCCC=C1C(=O)OCCC. The lowest BCUT2D eigenvalue weighted by atomic mass is 9.90. The van der Waals surface area contributed by atoms with E-state index < -0.39 is 0 Å². The van der Waals surface area contributed by atoms with E-state index in [9.17, 15) is 4.79 Å². The predicted molar refractivity (Wildman–Crippen MR) is 75.3 cm³/mol. The zero-order chi connectivity index (χ0) is 13.4. The van der Waals surface area contributed by atoms with Crippen LogP contribution in [0.2, 0.25) is 0 Å². The lowest BCUT2D eigenvalue weighted by Crippen LogP contribution is -2.13. The van der Waals surface area contributed by atoms with Crippen molar-refractivity contribution in [2.45, 2.75) is 52.4 Å². The average molecular weight is 248 g/mol. The summed E-state index contributed by atoms with van der Waals surface area (Å²) in [5, 5.41) is 0. The minimum atomic E-state index is -0.194. The van der Waals surface area contributed by atoms with Gasteiger partial charge in [0, 0.05) is 0 Å². The fourth-order valence-electron chi connectivity index (χ4n) is 2.00. The minimum absolute atomic E-state index is 0.194. The van der Waals surface area contributed by atoms with E-state index in [1.165, 1.54) is 0 Å². The monoisotopic (exact) mass is 248 g/mol. The second-order valence-electron chi connectivity index (χ2n) is 4.66. The number of carbonyl (C=O) groups excluding carboxylic acids is 1. The molecule has 0 bridgehead atoms. The Labute approximate surface area is 110 Å². The molecule has 0 N–H and O–H groups in total. The molecule has 2 nitrogen and oxygen atoms in total. The maximum atomic E-state index is 12.0. The van der Waals surface area contributed by atoms with Crippen LogP contribution < -0.4 is 0 Å². The summed E-state index contributed by atoms with van der Waals surface area (Å²) in [7, 11) is 0. The van der Waals surface area contributed by atoms with Gasteiger partial charge in [0.15, 0.2) is 0 Å². The summed E-state index contributed by atoms with van der Waals surface area (Å²) in [5.41, 5.74) is 2.79. The molecule has 0 amide bonds. The Morgan fingerprint density at radius 3 is 2.50 bits per heavy atom. The molecule has 1 rings (SSSR count). The fraction of sp³-hybridized carbons (Fsp3) is 0.562. The van der Waals surface area contributed by atoms with Crippen LogP contribution in [0.25, 0.3) is 0 Å². The average Bonchev–Trinajstić information content (AvgIpc) is 2.42. The molecule has 2 heteroatoms. The van der Waals surface area contributed by atoms with Crippen LogP contribution >= 0.6 is 0 Å². The number of esters is 1. The molecule has 0 saturated heterocycles. The Bertz CT molecular complexity index is 325. The van der Waals surface area contributed by atoms with Gasteiger partial charge in [-0.05, 0) is 43.3 Å². The molecular weight excluding hydrogens is 224 g/mol. The topological polar surface area (TPSA) is 26.3 Å². The van der Waals surface area contributed by atoms with E-state index in [4.69, 9.17) is 4.74 Å². The smallest absolute Gasteiger partial charge is 0.338 e. The van der Waals surface area contributed by atoms with E-state index >= 15 is 0 Å². The van der Waals surface area contributed by atoms with Crippen LogP contribution in [0, 0.1) is 0 Å². The molecular formula is C16H24O2. The van der Waals surface area contributed by atoms with Crippen molar-refractivity contribution < 1.29 is 9.53 Å². The first-order chi connectivity index (χ1) is 8.70. The highest BCUT2D eigenvalue weighted by molar-refractivity contribution is 5.95. The molecule has 1 aliphatic rings. The lowest BCUT2D eigenvalue weighted by molar-refractivity contribution is -0.138. The zero-order valence-electron chi connectivity index (χ0n) is 11.6. The van der Waals surface area contributed by atoms with Crippen LogP contribution in [0.15, 0.2) is 35.5 Å². The van der Waals surface area contributed by atoms with Crippen LogP contribution in [0.5, 0.6) is 0 Å². The first kappa shape index (κ1) is 14.7. The second kappa shape index (κ2) is 7.91. The van der Waals surface area contributed by atoms with Gasteiger partial charge < -0.3 is 4.74 Å². The first-order valence-corrected chi connectivity index (χ1v) is 6.96. The number of hydrogen-bond donors (Lipinski definition) is 0. The van der Waals surface area contributed by atoms with Gasteiger partial charge in [-0.2, -0.15) is 0 Å². The van der Waals surface area contributed by atoms with Crippen molar-refractivity contribution in [3.63, 3.8) is 0 Å². The first-order valence-electron chi connectivity index (χ1n) is 6.96. The van der Waals surface area contributed by atoms with Gasteiger partial charge >= 0.3 is 5.97 Å². The molecule has 0 aliphatic heterocycles. The summed E-state index contributed by atoms with van der Waals surface area (Å²) in [6, 6.07) is 0. The van der Waals surface area contributed by atoms with Gasteiger partial charge in [0.1, 0.15) is 0 Å². The molecule has 0 aromatic heterocycles. The summed E-state index contributed by atoms with van der Waals surface area (Å²) in [6.07, 6.45) is 10.1. The highest BCUT2D eigenvalue weighted by atomic mass is 16.5. The van der Waals surface area contributed by atoms with Gasteiger partial charge in [-0.15, -0.1) is 0 Å². The molecule has 1 aliphatic carbocycles. The third-order valence-corrected chi connectivity index (χ3v) is 3.02. The molecule has 0 unspecified atom stereocenters. The van der Waals surface area contributed by atoms with Gasteiger partial charge in [-0.3, -0.25) is 0 Å². The van der Waals surface area contributed by atoms with Crippen molar-refractivity contribution in [3.8, 4) is 0 Å². The standard InChI is InChI=1S/C16H24O2/c1-4-6-9-13(3)14-10-7-8-11-15(14)16(17)18-12-5-2/h10-11H,3-9,12H2,1-2H3. The Morgan fingerprint density at radius 1 is 1.22 bits per heavy atom. The second-order valence-corrected chi connectivity index (χ2v) is 4.66. The molecule has 0 aromatic rings. The summed E-state index contributed by atoms with van der Waals surface area (Å²) < 4.78 is 5.23. The summed E-state index contributed by atoms with van der Waals surface area (Å²) >= 11 is 0. The van der Waals surface area contributed by atoms with E-state index in [0.717, 1.165) is 55.2 Å². The molecule has 100 valence electrons.